The highest BCUT2D eigenvalue weighted by Gasteiger charge is 2.33. The summed E-state index contributed by atoms with van der Waals surface area (Å²) in [6.07, 6.45) is 8.15. The van der Waals surface area contributed by atoms with Crippen molar-refractivity contribution < 1.29 is 9.53 Å². The number of carbonyl (C=O) groups excluding carboxylic acids is 1. The first-order valence-corrected chi connectivity index (χ1v) is 9.66. The lowest BCUT2D eigenvalue weighted by atomic mass is 9.80. The van der Waals surface area contributed by atoms with Crippen molar-refractivity contribution in [3.05, 3.63) is 35.0 Å². The summed E-state index contributed by atoms with van der Waals surface area (Å²) in [5, 5.41) is 1.98. The molecule has 3 atom stereocenters. The van der Waals surface area contributed by atoms with Crippen molar-refractivity contribution in [2.45, 2.75) is 56.6 Å². The Morgan fingerprint density at radius 2 is 2.16 bits per heavy atom. The molecular formula is C20H25ClN2O2. The number of aromatic amines is 1. The van der Waals surface area contributed by atoms with Gasteiger partial charge in [-0.15, -0.1) is 0 Å². The van der Waals surface area contributed by atoms with Gasteiger partial charge in [0.25, 0.3) is 5.91 Å². The zero-order valence-corrected chi connectivity index (χ0v) is 15.4. The molecule has 0 bridgehead atoms. The number of ether oxygens (including phenoxy) is 1. The minimum atomic E-state index is -0.225. The van der Waals surface area contributed by atoms with Gasteiger partial charge in [0.2, 0.25) is 0 Å². The molecule has 0 unspecified atom stereocenters. The number of H-pyrrole nitrogens is 1. The highest BCUT2D eigenvalue weighted by molar-refractivity contribution is 6.31. The lowest BCUT2D eigenvalue weighted by molar-refractivity contribution is -0.142. The van der Waals surface area contributed by atoms with Crippen LogP contribution in [0, 0.1) is 0 Å². The third-order valence-electron chi connectivity index (χ3n) is 5.86. The first-order chi connectivity index (χ1) is 12.1. The molecule has 1 amide bonds. The summed E-state index contributed by atoms with van der Waals surface area (Å²) in [6, 6.07) is 6.30. The van der Waals surface area contributed by atoms with Crippen LogP contribution in [0.1, 0.15) is 50.0 Å². The Morgan fingerprint density at radius 1 is 1.28 bits per heavy atom. The molecule has 1 N–H and O–H groups in total. The fourth-order valence-corrected chi connectivity index (χ4v) is 4.60. The predicted molar refractivity (Wildman–Crippen MR) is 100 cm³/mol. The number of likely N-dealkylation sites (N-methyl/N-ethyl adjacent to an activating group) is 1. The number of nitrogens with zero attached hydrogens (tertiary/aromatic N) is 1. The van der Waals surface area contributed by atoms with Crippen molar-refractivity contribution in [1.29, 1.82) is 0 Å². The van der Waals surface area contributed by atoms with Crippen LogP contribution in [0.4, 0.5) is 0 Å². The second kappa shape index (κ2) is 7.00. The van der Waals surface area contributed by atoms with Crippen LogP contribution in [0.5, 0.6) is 0 Å². The van der Waals surface area contributed by atoms with E-state index in [-0.39, 0.29) is 12.0 Å². The van der Waals surface area contributed by atoms with Crippen molar-refractivity contribution in [2.24, 2.45) is 0 Å². The number of benzene rings is 1. The van der Waals surface area contributed by atoms with Crippen LogP contribution in [0.2, 0.25) is 5.02 Å². The van der Waals surface area contributed by atoms with E-state index < -0.39 is 0 Å². The smallest absolute Gasteiger partial charge is 0.251 e. The normalized spacial score (nSPS) is 26.9. The Hall–Kier alpha value is -1.52. The first-order valence-electron chi connectivity index (χ1n) is 9.28. The van der Waals surface area contributed by atoms with Gasteiger partial charge in [0.15, 0.2) is 0 Å². The zero-order valence-electron chi connectivity index (χ0n) is 14.6. The van der Waals surface area contributed by atoms with E-state index in [1.807, 2.05) is 30.1 Å². The van der Waals surface area contributed by atoms with Gasteiger partial charge < -0.3 is 14.6 Å². The van der Waals surface area contributed by atoms with Crippen molar-refractivity contribution in [2.75, 3.05) is 13.7 Å². The topological polar surface area (TPSA) is 45.3 Å². The molecule has 2 heterocycles. The van der Waals surface area contributed by atoms with Gasteiger partial charge in [-0.05, 0) is 61.8 Å². The summed E-state index contributed by atoms with van der Waals surface area (Å²) in [6.45, 7) is 0.716. The van der Waals surface area contributed by atoms with Crippen molar-refractivity contribution in [1.82, 2.24) is 9.88 Å². The van der Waals surface area contributed by atoms with Gasteiger partial charge in [0.1, 0.15) is 6.10 Å². The van der Waals surface area contributed by atoms with Gasteiger partial charge >= 0.3 is 0 Å². The Kier molecular flexibility index (Phi) is 4.74. The first kappa shape index (κ1) is 16.9. The van der Waals surface area contributed by atoms with Crippen LogP contribution in [0.15, 0.2) is 24.4 Å². The quantitative estimate of drug-likeness (QED) is 0.876. The van der Waals surface area contributed by atoms with E-state index in [4.69, 9.17) is 16.3 Å². The number of carbonyl (C=O) groups is 1. The van der Waals surface area contributed by atoms with E-state index in [1.54, 1.807) is 0 Å². The summed E-state index contributed by atoms with van der Waals surface area (Å²) < 4.78 is 5.59. The maximum atomic E-state index is 12.7. The van der Waals surface area contributed by atoms with E-state index in [2.05, 4.69) is 11.2 Å². The Bertz CT molecular complexity index is 766. The molecule has 5 heteroatoms. The summed E-state index contributed by atoms with van der Waals surface area (Å²) in [7, 11) is 1.95. The van der Waals surface area contributed by atoms with Gasteiger partial charge in [-0.2, -0.15) is 0 Å². The van der Waals surface area contributed by atoms with Crippen molar-refractivity contribution >= 4 is 28.4 Å². The molecule has 1 aromatic heterocycles. The molecule has 0 radical (unpaired) electrons. The lowest BCUT2D eigenvalue weighted by Gasteiger charge is -2.36. The summed E-state index contributed by atoms with van der Waals surface area (Å²) in [5.74, 6) is 0.621. The number of nitrogens with one attached hydrogen (secondary N) is 1. The third-order valence-corrected chi connectivity index (χ3v) is 6.10. The van der Waals surface area contributed by atoms with Gasteiger partial charge in [0, 0.05) is 41.8 Å². The van der Waals surface area contributed by atoms with E-state index in [0.717, 1.165) is 49.1 Å². The average molecular weight is 361 g/mol. The molecule has 1 saturated heterocycles. The maximum absolute atomic E-state index is 12.7. The molecule has 134 valence electrons. The molecule has 4 nitrogen and oxygen atoms in total. The highest BCUT2D eigenvalue weighted by Crippen LogP contribution is 2.38. The van der Waals surface area contributed by atoms with Gasteiger partial charge in [-0.25, -0.2) is 0 Å². The fourth-order valence-electron chi connectivity index (χ4n) is 4.43. The maximum Gasteiger partial charge on any atom is 0.251 e. The molecule has 2 aliphatic rings. The predicted octanol–water partition coefficient (Wildman–Crippen LogP) is 4.48. The van der Waals surface area contributed by atoms with E-state index in [0.29, 0.717) is 18.6 Å². The monoisotopic (exact) mass is 360 g/mol. The van der Waals surface area contributed by atoms with Crippen LogP contribution < -0.4 is 0 Å². The Morgan fingerprint density at radius 3 is 2.96 bits per heavy atom. The standard InChI is InChI=1S/C20H25ClN2O2/c1-23(20(24)19-6-3-9-25-19)15-5-2-4-13(10-15)17-12-22-18-8-7-14(21)11-16(17)18/h7-8,11-13,15,19,22H,2-6,9-10H2,1H3/t13-,15+,19+/m1/s1. The largest absolute Gasteiger partial charge is 0.368 e. The molecule has 1 aliphatic heterocycles. The summed E-state index contributed by atoms with van der Waals surface area (Å²) in [5.41, 5.74) is 2.46. The summed E-state index contributed by atoms with van der Waals surface area (Å²) >= 11 is 6.20. The summed E-state index contributed by atoms with van der Waals surface area (Å²) in [4.78, 5) is 18.0. The molecule has 0 spiro atoms. The number of rotatable bonds is 3. The van der Waals surface area contributed by atoms with Crippen LogP contribution in [0.25, 0.3) is 10.9 Å². The average Bonchev–Trinajstić information content (AvgIpc) is 3.30. The molecule has 1 aliphatic carbocycles. The molecule has 1 saturated carbocycles. The molecular weight excluding hydrogens is 336 g/mol. The second-order valence-corrected chi connectivity index (χ2v) is 7.84. The van der Waals surface area contributed by atoms with Crippen LogP contribution >= 0.6 is 11.6 Å². The Labute approximate surface area is 153 Å². The number of hydrogen-bond donors (Lipinski definition) is 1. The molecule has 25 heavy (non-hydrogen) atoms. The van der Waals surface area contributed by atoms with E-state index in [1.165, 1.54) is 10.9 Å². The number of hydrogen-bond acceptors (Lipinski definition) is 2. The van der Waals surface area contributed by atoms with Crippen LogP contribution in [0.3, 0.4) is 0 Å². The molecule has 4 rings (SSSR count). The SMILES string of the molecule is CN(C(=O)[C@@H]1CCCO1)[C@H]1CCC[C@@H](c2c[nH]c3ccc(Cl)cc23)C1. The van der Waals surface area contributed by atoms with Crippen molar-refractivity contribution in [3.8, 4) is 0 Å². The highest BCUT2D eigenvalue weighted by atomic mass is 35.5. The van der Waals surface area contributed by atoms with Crippen molar-refractivity contribution in [3.63, 3.8) is 0 Å². The van der Waals surface area contributed by atoms with E-state index in [9.17, 15) is 4.79 Å². The number of halogens is 1. The third kappa shape index (κ3) is 3.30. The van der Waals surface area contributed by atoms with Crippen LogP contribution in [-0.4, -0.2) is 41.6 Å². The Balaban J connectivity index is 1.52. The second-order valence-electron chi connectivity index (χ2n) is 7.40. The van der Waals surface area contributed by atoms with Gasteiger partial charge in [-0.3, -0.25) is 4.79 Å². The molecule has 2 fully saturated rings. The van der Waals surface area contributed by atoms with E-state index >= 15 is 0 Å². The minimum absolute atomic E-state index is 0.158. The lowest BCUT2D eigenvalue weighted by Crippen LogP contribution is -2.44. The number of aromatic nitrogens is 1. The fraction of sp³-hybridized carbons (Fsp3) is 0.550. The van der Waals surface area contributed by atoms with Crippen LogP contribution in [-0.2, 0) is 9.53 Å². The number of fused-ring (bicyclic) bond motifs is 1. The molecule has 1 aromatic carbocycles. The number of amides is 1. The zero-order chi connectivity index (χ0) is 17.4. The van der Waals surface area contributed by atoms with Gasteiger partial charge in [-0.1, -0.05) is 18.0 Å². The van der Waals surface area contributed by atoms with Gasteiger partial charge in [0.05, 0.1) is 0 Å². The minimum Gasteiger partial charge on any atom is -0.368 e. The molecule has 2 aromatic rings.